The van der Waals surface area contributed by atoms with E-state index in [1.165, 1.54) is 17.0 Å². The first-order chi connectivity index (χ1) is 15.5. The Kier molecular flexibility index (Phi) is 6.00. The van der Waals surface area contributed by atoms with E-state index < -0.39 is 10.8 Å². The average Bonchev–Trinajstić information content (AvgIpc) is 3.11. The Balaban J connectivity index is 1.81. The number of ether oxygens (including phenoxy) is 1. The number of amidine groups is 1. The van der Waals surface area contributed by atoms with Crippen molar-refractivity contribution in [3.63, 3.8) is 0 Å². The van der Waals surface area contributed by atoms with Gasteiger partial charge < -0.3 is 4.74 Å². The summed E-state index contributed by atoms with van der Waals surface area (Å²) < 4.78 is 5.49. The molecule has 7 nitrogen and oxygen atoms in total. The SMILES string of the molecule is CCOc1ccc(N2C(=O)/C(=C\c3ccccc3[N+](=O)[O-])N=C2c2ccc(Cl)cc2)cc1. The standard InChI is InChI=1S/C24H18ClN3O4/c1-2-32-20-13-11-19(12-14-20)27-23(16-7-9-18(25)10-8-16)26-21(24(27)29)15-17-5-3-4-6-22(17)28(30)31/h3-15H,2H2,1H3/b21-15+. The monoisotopic (exact) mass is 447 g/mol. The molecule has 0 saturated carbocycles. The summed E-state index contributed by atoms with van der Waals surface area (Å²) in [6.07, 6.45) is 1.44. The van der Waals surface area contributed by atoms with Gasteiger partial charge >= 0.3 is 0 Å². The van der Waals surface area contributed by atoms with Gasteiger partial charge in [0.1, 0.15) is 17.3 Å². The van der Waals surface area contributed by atoms with Crippen molar-refractivity contribution >= 4 is 40.8 Å². The van der Waals surface area contributed by atoms with E-state index in [4.69, 9.17) is 16.3 Å². The molecule has 0 unspecified atom stereocenters. The Bertz CT molecular complexity index is 1230. The fourth-order valence-electron chi connectivity index (χ4n) is 3.33. The number of hydrogen-bond donors (Lipinski definition) is 0. The van der Waals surface area contributed by atoms with Gasteiger partial charge in [-0.05, 0) is 67.6 Å². The van der Waals surface area contributed by atoms with Crippen LogP contribution in [0.5, 0.6) is 5.75 Å². The lowest BCUT2D eigenvalue weighted by molar-refractivity contribution is -0.385. The first kappa shape index (κ1) is 21.3. The van der Waals surface area contributed by atoms with Gasteiger partial charge in [-0.1, -0.05) is 23.7 Å². The smallest absolute Gasteiger partial charge is 0.282 e. The Hall–Kier alpha value is -3.97. The van der Waals surface area contributed by atoms with Crippen molar-refractivity contribution in [2.24, 2.45) is 4.99 Å². The van der Waals surface area contributed by atoms with Gasteiger partial charge in [-0.2, -0.15) is 0 Å². The second-order valence-electron chi connectivity index (χ2n) is 6.86. The molecule has 160 valence electrons. The molecule has 3 aromatic carbocycles. The fourth-order valence-corrected chi connectivity index (χ4v) is 3.46. The van der Waals surface area contributed by atoms with Crippen molar-refractivity contribution in [2.45, 2.75) is 6.92 Å². The highest BCUT2D eigenvalue weighted by Gasteiger charge is 2.33. The van der Waals surface area contributed by atoms with Crippen LogP contribution in [-0.4, -0.2) is 23.3 Å². The molecule has 0 spiro atoms. The quantitative estimate of drug-likeness (QED) is 0.284. The van der Waals surface area contributed by atoms with Gasteiger partial charge in [-0.25, -0.2) is 4.99 Å². The highest BCUT2D eigenvalue weighted by Crippen LogP contribution is 2.31. The summed E-state index contributed by atoms with van der Waals surface area (Å²) in [6.45, 7) is 2.42. The second kappa shape index (κ2) is 9.03. The van der Waals surface area contributed by atoms with Gasteiger partial charge in [0.2, 0.25) is 0 Å². The summed E-state index contributed by atoms with van der Waals surface area (Å²) in [5.41, 5.74) is 1.57. The number of nitro groups is 1. The van der Waals surface area contributed by atoms with Crippen molar-refractivity contribution in [1.82, 2.24) is 0 Å². The number of aliphatic imine (C=N–C) groups is 1. The molecule has 4 rings (SSSR count). The fraction of sp³-hybridized carbons (Fsp3) is 0.0833. The topological polar surface area (TPSA) is 85.0 Å². The molecule has 0 fully saturated rings. The minimum Gasteiger partial charge on any atom is -0.494 e. The molecule has 0 saturated heterocycles. The Morgan fingerprint density at radius 1 is 1.06 bits per heavy atom. The summed E-state index contributed by atoms with van der Waals surface area (Å²) in [5.74, 6) is 0.696. The number of carbonyl (C=O) groups excluding carboxylic acids is 1. The highest BCUT2D eigenvalue weighted by atomic mass is 35.5. The number of nitro benzene ring substituents is 1. The molecule has 0 atom stereocenters. The Labute approximate surface area is 189 Å². The summed E-state index contributed by atoms with van der Waals surface area (Å²) in [5, 5.41) is 11.9. The second-order valence-corrected chi connectivity index (χ2v) is 7.29. The van der Waals surface area contributed by atoms with Crippen LogP contribution in [0.2, 0.25) is 5.02 Å². The third-order valence-corrected chi connectivity index (χ3v) is 5.05. The van der Waals surface area contributed by atoms with Crippen molar-refractivity contribution in [3.05, 3.63) is 105 Å². The summed E-state index contributed by atoms with van der Waals surface area (Å²) >= 11 is 6.02. The number of carbonyl (C=O) groups is 1. The summed E-state index contributed by atoms with van der Waals surface area (Å²) in [7, 11) is 0. The van der Waals surface area contributed by atoms with Gasteiger partial charge in [-0.15, -0.1) is 0 Å². The average molecular weight is 448 g/mol. The molecule has 8 heteroatoms. The number of benzene rings is 3. The van der Waals surface area contributed by atoms with E-state index in [9.17, 15) is 14.9 Å². The Morgan fingerprint density at radius 3 is 2.41 bits per heavy atom. The summed E-state index contributed by atoms with van der Waals surface area (Å²) in [4.78, 5) is 30.3. The van der Waals surface area contributed by atoms with Crippen molar-refractivity contribution in [2.75, 3.05) is 11.5 Å². The molecule has 0 aliphatic carbocycles. The van der Waals surface area contributed by atoms with Crippen LogP contribution in [0.4, 0.5) is 11.4 Å². The van der Waals surface area contributed by atoms with E-state index in [2.05, 4.69) is 4.99 Å². The van der Waals surface area contributed by atoms with Crippen LogP contribution < -0.4 is 9.64 Å². The lowest BCUT2D eigenvalue weighted by Gasteiger charge is -2.19. The van der Waals surface area contributed by atoms with Crippen molar-refractivity contribution < 1.29 is 14.5 Å². The lowest BCUT2D eigenvalue weighted by Crippen LogP contribution is -2.32. The van der Waals surface area contributed by atoms with Crippen molar-refractivity contribution in [3.8, 4) is 5.75 Å². The summed E-state index contributed by atoms with van der Waals surface area (Å²) in [6, 6.07) is 20.3. The number of amides is 1. The van der Waals surface area contributed by atoms with Gasteiger partial charge in [0, 0.05) is 16.7 Å². The predicted molar refractivity (Wildman–Crippen MR) is 124 cm³/mol. The maximum absolute atomic E-state index is 13.4. The zero-order valence-electron chi connectivity index (χ0n) is 17.1. The van der Waals surface area contributed by atoms with E-state index in [0.29, 0.717) is 40.0 Å². The molecule has 1 amide bonds. The zero-order valence-corrected chi connectivity index (χ0v) is 17.8. The van der Waals surface area contributed by atoms with Gasteiger partial charge in [0.15, 0.2) is 0 Å². The predicted octanol–water partition coefficient (Wildman–Crippen LogP) is 5.48. The van der Waals surface area contributed by atoms with Gasteiger partial charge in [0.25, 0.3) is 11.6 Å². The number of rotatable bonds is 6. The highest BCUT2D eigenvalue weighted by molar-refractivity contribution is 6.34. The van der Waals surface area contributed by atoms with Crippen LogP contribution in [0, 0.1) is 10.1 Å². The van der Waals surface area contributed by atoms with Crippen molar-refractivity contribution in [1.29, 1.82) is 0 Å². The normalized spacial score (nSPS) is 14.6. The van der Waals surface area contributed by atoms with E-state index in [-0.39, 0.29) is 11.4 Å². The molecule has 1 aliphatic heterocycles. The number of halogens is 1. The van der Waals surface area contributed by atoms with Crippen LogP contribution in [0.25, 0.3) is 6.08 Å². The number of anilines is 1. The third kappa shape index (κ3) is 4.24. The minimum atomic E-state index is -0.486. The van der Waals surface area contributed by atoms with E-state index in [1.807, 2.05) is 6.92 Å². The van der Waals surface area contributed by atoms with Gasteiger partial charge in [0.05, 0.1) is 22.8 Å². The van der Waals surface area contributed by atoms with E-state index in [1.54, 1.807) is 66.7 Å². The number of hydrogen-bond acceptors (Lipinski definition) is 5. The van der Waals surface area contributed by atoms with Crippen LogP contribution in [0.3, 0.4) is 0 Å². The molecule has 3 aromatic rings. The maximum atomic E-state index is 13.4. The zero-order chi connectivity index (χ0) is 22.7. The van der Waals surface area contributed by atoms with E-state index in [0.717, 1.165) is 0 Å². The number of nitrogens with zero attached hydrogens (tertiary/aromatic N) is 3. The van der Waals surface area contributed by atoms with Crippen LogP contribution in [0.15, 0.2) is 83.5 Å². The molecular weight excluding hydrogens is 430 g/mol. The maximum Gasteiger partial charge on any atom is 0.282 e. The molecule has 0 N–H and O–H groups in total. The molecule has 32 heavy (non-hydrogen) atoms. The molecule has 0 radical (unpaired) electrons. The minimum absolute atomic E-state index is 0.0955. The Morgan fingerprint density at radius 2 is 1.75 bits per heavy atom. The third-order valence-electron chi connectivity index (χ3n) is 4.79. The molecule has 0 bridgehead atoms. The lowest BCUT2D eigenvalue weighted by atomic mass is 10.1. The largest absolute Gasteiger partial charge is 0.494 e. The molecule has 1 aliphatic rings. The van der Waals surface area contributed by atoms with E-state index >= 15 is 0 Å². The molecule has 1 heterocycles. The first-order valence-electron chi connectivity index (χ1n) is 9.85. The molecule has 0 aromatic heterocycles. The van der Waals surface area contributed by atoms with Gasteiger partial charge in [-0.3, -0.25) is 19.8 Å². The number of para-hydroxylation sites is 1. The van der Waals surface area contributed by atoms with Crippen LogP contribution in [-0.2, 0) is 4.79 Å². The molecular formula is C24H18ClN3O4. The first-order valence-corrected chi connectivity index (χ1v) is 10.2. The van der Waals surface area contributed by atoms with Crippen LogP contribution in [0.1, 0.15) is 18.1 Å². The van der Waals surface area contributed by atoms with Crippen LogP contribution >= 0.6 is 11.6 Å².